The zero-order valence-corrected chi connectivity index (χ0v) is 13.1. The molecule has 0 radical (unpaired) electrons. The lowest BCUT2D eigenvalue weighted by Gasteiger charge is -2.08. The highest BCUT2D eigenvalue weighted by molar-refractivity contribution is 7.89. The first-order valence-corrected chi connectivity index (χ1v) is 8.37. The molecule has 0 saturated carbocycles. The highest BCUT2D eigenvalue weighted by Gasteiger charge is 2.13. The Labute approximate surface area is 130 Å². The van der Waals surface area contributed by atoms with E-state index in [9.17, 15) is 13.2 Å². The van der Waals surface area contributed by atoms with Gasteiger partial charge in [-0.3, -0.25) is 4.79 Å². The zero-order valence-electron chi connectivity index (χ0n) is 12.2. The maximum Gasteiger partial charge on any atom is 0.240 e. The molecule has 0 aliphatic rings. The molecule has 0 spiro atoms. The van der Waals surface area contributed by atoms with Crippen LogP contribution < -0.4 is 10.0 Å². The maximum atomic E-state index is 12.0. The summed E-state index contributed by atoms with van der Waals surface area (Å²) in [4.78, 5) is 12.0. The van der Waals surface area contributed by atoms with Crippen LogP contribution >= 0.6 is 0 Å². The zero-order chi connectivity index (χ0) is 16.0. The highest BCUT2D eigenvalue weighted by Crippen LogP contribution is 2.09. The molecule has 6 heteroatoms. The third-order valence-electron chi connectivity index (χ3n) is 3.03. The van der Waals surface area contributed by atoms with E-state index in [0.717, 1.165) is 5.56 Å². The van der Waals surface area contributed by atoms with E-state index < -0.39 is 10.0 Å². The first-order chi connectivity index (χ1) is 10.5. The summed E-state index contributed by atoms with van der Waals surface area (Å²) in [6, 6.07) is 15.5. The fourth-order valence-electron chi connectivity index (χ4n) is 1.84. The lowest BCUT2D eigenvalue weighted by molar-refractivity contribution is -0.116. The Morgan fingerprint density at radius 3 is 2.27 bits per heavy atom. The van der Waals surface area contributed by atoms with Gasteiger partial charge < -0.3 is 5.32 Å². The van der Waals surface area contributed by atoms with Gasteiger partial charge in [-0.15, -0.1) is 0 Å². The van der Waals surface area contributed by atoms with Crippen molar-refractivity contribution in [3.63, 3.8) is 0 Å². The van der Waals surface area contributed by atoms with Crippen LogP contribution in [0.3, 0.4) is 0 Å². The van der Waals surface area contributed by atoms with Crippen LogP contribution in [0.4, 0.5) is 5.69 Å². The van der Waals surface area contributed by atoms with E-state index in [1.165, 1.54) is 12.1 Å². The summed E-state index contributed by atoms with van der Waals surface area (Å²) in [5.74, 6) is -0.236. The van der Waals surface area contributed by atoms with E-state index in [4.69, 9.17) is 0 Å². The second kappa shape index (κ2) is 7.20. The molecule has 2 rings (SSSR count). The molecule has 0 aromatic heterocycles. The van der Waals surface area contributed by atoms with Gasteiger partial charge in [-0.25, -0.2) is 13.1 Å². The summed E-state index contributed by atoms with van der Waals surface area (Å²) >= 11 is 0. The number of hydrogen-bond acceptors (Lipinski definition) is 3. The van der Waals surface area contributed by atoms with Crippen LogP contribution in [0.15, 0.2) is 59.5 Å². The molecule has 0 heterocycles. The van der Waals surface area contributed by atoms with Crippen LogP contribution in [-0.4, -0.2) is 20.9 Å². The topological polar surface area (TPSA) is 75.3 Å². The van der Waals surface area contributed by atoms with Crippen molar-refractivity contribution in [2.24, 2.45) is 0 Å². The van der Waals surface area contributed by atoms with Crippen LogP contribution in [0.5, 0.6) is 0 Å². The minimum absolute atomic E-state index is 0.0505. The van der Waals surface area contributed by atoms with Crippen molar-refractivity contribution in [1.29, 1.82) is 0 Å². The fraction of sp³-hybridized carbons (Fsp3) is 0.188. The van der Waals surface area contributed by atoms with E-state index in [-0.39, 0.29) is 23.8 Å². The second-order valence-corrected chi connectivity index (χ2v) is 6.64. The molecule has 0 fully saturated rings. The van der Waals surface area contributed by atoms with Crippen LogP contribution in [0.1, 0.15) is 12.0 Å². The van der Waals surface area contributed by atoms with Gasteiger partial charge in [0.25, 0.3) is 0 Å². The third-order valence-corrected chi connectivity index (χ3v) is 4.51. The summed E-state index contributed by atoms with van der Waals surface area (Å²) in [7, 11) is -3.56. The first-order valence-electron chi connectivity index (χ1n) is 6.88. The van der Waals surface area contributed by atoms with E-state index in [0.29, 0.717) is 5.69 Å². The molecule has 0 aliphatic carbocycles. The average molecular weight is 318 g/mol. The SMILES string of the molecule is Cc1ccc(NC(=O)CCNS(=O)(=O)c2ccccc2)cc1. The predicted octanol–water partition coefficient (Wildman–Crippen LogP) is 2.30. The number of benzene rings is 2. The third kappa shape index (κ3) is 4.68. The molecular weight excluding hydrogens is 300 g/mol. The summed E-state index contributed by atoms with van der Waals surface area (Å²) in [6.07, 6.45) is 0.0694. The van der Waals surface area contributed by atoms with Gasteiger partial charge in [0.2, 0.25) is 15.9 Å². The molecule has 5 nitrogen and oxygen atoms in total. The Balaban J connectivity index is 1.83. The van der Waals surface area contributed by atoms with Crippen molar-refractivity contribution in [1.82, 2.24) is 4.72 Å². The molecule has 22 heavy (non-hydrogen) atoms. The Bertz CT molecular complexity index is 726. The second-order valence-electron chi connectivity index (χ2n) is 4.88. The van der Waals surface area contributed by atoms with Crippen molar-refractivity contribution < 1.29 is 13.2 Å². The van der Waals surface area contributed by atoms with Crippen LogP contribution in [0.2, 0.25) is 0 Å². The van der Waals surface area contributed by atoms with Gasteiger partial charge in [-0.2, -0.15) is 0 Å². The van der Waals surface area contributed by atoms with Gasteiger partial charge in [0.15, 0.2) is 0 Å². The van der Waals surface area contributed by atoms with Gasteiger partial charge in [0.05, 0.1) is 4.90 Å². The molecule has 2 aromatic carbocycles. The summed E-state index contributed by atoms with van der Waals surface area (Å²) < 4.78 is 26.3. The summed E-state index contributed by atoms with van der Waals surface area (Å²) in [5.41, 5.74) is 1.80. The average Bonchev–Trinajstić information content (AvgIpc) is 2.50. The largest absolute Gasteiger partial charge is 0.326 e. The standard InChI is InChI=1S/C16H18N2O3S/c1-13-7-9-14(10-8-13)18-16(19)11-12-17-22(20,21)15-5-3-2-4-6-15/h2-10,17H,11-12H2,1H3,(H,18,19). The molecule has 2 aromatic rings. The number of hydrogen-bond donors (Lipinski definition) is 2. The van der Waals surface area contributed by atoms with Gasteiger partial charge in [0, 0.05) is 18.7 Å². The van der Waals surface area contributed by atoms with Gasteiger partial charge in [-0.05, 0) is 31.2 Å². The van der Waals surface area contributed by atoms with E-state index in [1.807, 2.05) is 19.1 Å². The van der Waals surface area contributed by atoms with Crippen LogP contribution in [0.25, 0.3) is 0 Å². The Morgan fingerprint density at radius 2 is 1.64 bits per heavy atom. The smallest absolute Gasteiger partial charge is 0.240 e. The molecule has 0 aliphatic heterocycles. The van der Waals surface area contributed by atoms with E-state index >= 15 is 0 Å². The molecule has 116 valence electrons. The number of aryl methyl sites for hydroxylation is 1. The van der Waals surface area contributed by atoms with Crippen molar-refractivity contribution in [3.8, 4) is 0 Å². The molecular formula is C16H18N2O3S. The van der Waals surface area contributed by atoms with E-state index in [1.54, 1.807) is 30.3 Å². The lowest BCUT2D eigenvalue weighted by atomic mass is 10.2. The number of anilines is 1. The Morgan fingerprint density at radius 1 is 1.00 bits per heavy atom. The Hall–Kier alpha value is -2.18. The molecule has 1 amide bonds. The first kappa shape index (κ1) is 16.2. The van der Waals surface area contributed by atoms with Crippen LogP contribution in [0, 0.1) is 6.92 Å². The summed E-state index contributed by atoms with van der Waals surface area (Å²) in [5, 5.41) is 2.72. The normalized spacial score (nSPS) is 11.1. The van der Waals surface area contributed by atoms with Crippen molar-refractivity contribution in [2.45, 2.75) is 18.2 Å². The van der Waals surface area contributed by atoms with Gasteiger partial charge in [0.1, 0.15) is 0 Å². The number of carbonyl (C=O) groups excluding carboxylic acids is 1. The minimum Gasteiger partial charge on any atom is -0.326 e. The summed E-state index contributed by atoms with van der Waals surface area (Å²) in [6.45, 7) is 2.01. The van der Waals surface area contributed by atoms with E-state index in [2.05, 4.69) is 10.0 Å². The molecule has 0 bridgehead atoms. The fourth-order valence-corrected chi connectivity index (χ4v) is 2.90. The van der Waals surface area contributed by atoms with Gasteiger partial charge in [-0.1, -0.05) is 35.9 Å². The minimum atomic E-state index is -3.56. The molecule has 0 saturated heterocycles. The predicted molar refractivity (Wildman–Crippen MR) is 86.1 cm³/mol. The van der Waals surface area contributed by atoms with Gasteiger partial charge >= 0.3 is 0 Å². The number of carbonyl (C=O) groups is 1. The van der Waals surface area contributed by atoms with Crippen molar-refractivity contribution >= 4 is 21.6 Å². The number of amides is 1. The maximum absolute atomic E-state index is 12.0. The van der Waals surface area contributed by atoms with Crippen LogP contribution in [-0.2, 0) is 14.8 Å². The van der Waals surface area contributed by atoms with Crippen molar-refractivity contribution in [2.75, 3.05) is 11.9 Å². The Kier molecular flexibility index (Phi) is 5.30. The molecule has 0 unspecified atom stereocenters. The number of nitrogens with one attached hydrogen (secondary N) is 2. The molecule has 2 N–H and O–H groups in total. The lowest BCUT2D eigenvalue weighted by Crippen LogP contribution is -2.27. The monoisotopic (exact) mass is 318 g/mol. The quantitative estimate of drug-likeness (QED) is 0.858. The van der Waals surface area contributed by atoms with Crippen molar-refractivity contribution in [3.05, 3.63) is 60.2 Å². The number of rotatable bonds is 6. The number of sulfonamides is 1. The molecule has 0 atom stereocenters. The highest BCUT2D eigenvalue weighted by atomic mass is 32.2.